The van der Waals surface area contributed by atoms with Crippen molar-refractivity contribution in [3.8, 4) is 11.5 Å². The highest BCUT2D eigenvalue weighted by molar-refractivity contribution is 5.92. The van der Waals surface area contributed by atoms with Crippen LogP contribution in [-0.2, 0) is 4.79 Å². The number of nitrogens with one attached hydrogen (secondary N) is 2. The standard InChI is InChI=1S/C15H19N3O3/c1-4-20-12-5-7-13(8-6-12)21-9-14(19)16-15-10(2)17-18-11(15)3/h5-8H,4,9H2,1-3H3,(H,16,19)(H,17,18). The first-order valence-electron chi connectivity index (χ1n) is 6.77. The molecule has 112 valence electrons. The molecule has 2 aromatic rings. The summed E-state index contributed by atoms with van der Waals surface area (Å²) in [6.45, 7) is 6.16. The van der Waals surface area contributed by atoms with E-state index in [9.17, 15) is 4.79 Å². The van der Waals surface area contributed by atoms with Crippen LogP contribution in [0.25, 0.3) is 0 Å². The Kier molecular flexibility index (Phi) is 4.81. The van der Waals surface area contributed by atoms with Gasteiger partial charge in [-0.3, -0.25) is 9.89 Å². The molecule has 0 bridgehead atoms. The zero-order valence-corrected chi connectivity index (χ0v) is 12.4. The second kappa shape index (κ2) is 6.78. The van der Waals surface area contributed by atoms with Crippen LogP contribution in [0.5, 0.6) is 11.5 Å². The first kappa shape index (κ1) is 14.9. The molecule has 21 heavy (non-hydrogen) atoms. The van der Waals surface area contributed by atoms with Crippen molar-refractivity contribution >= 4 is 11.6 Å². The molecular formula is C15H19N3O3. The number of rotatable bonds is 6. The molecule has 0 radical (unpaired) electrons. The van der Waals surface area contributed by atoms with Gasteiger partial charge in [0.1, 0.15) is 11.5 Å². The van der Waals surface area contributed by atoms with Crippen LogP contribution in [0.4, 0.5) is 5.69 Å². The van der Waals surface area contributed by atoms with Gasteiger partial charge in [-0.2, -0.15) is 5.10 Å². The lowest BCUT2D eigenvalue weighted by atomic mass is 10.3. The van der Waals surface area contributed by atoms with E-state index in [1.54, 1.807) is 24.3 Å². The van der Waals surface area contributed by atoms with Gasteiger partial charge in [-0.05, 0) is 45.0 Å². The van der Waals surface area contributed by atoms with E-state index in [1.807, 2.05) is 20.8 Å². The van der Waals surface area contributed by atoms with Crippen LogP contribution in [0, 0.1) is 13.8 Å². The minimum absolute atomic E-state index is 0.0575. The van der Waals surface area contributed by atoms with Crippen molar-refractivity contribution in [2.45, 2.75) is 20.8 Å². The van der Waals surface area contributed by atoms with Crippen molar-refractivity contribution in [3.63, 3.8) is 0 Å². The van der Waals surface area contributed by atoms with Crippen LogP contribution in [0.3, 0.4) is 0 Å². The highest BCUT2D eigenvalue weighted by Gasteiger charge is 2.10. The fourth-order valence-electron chi connectivity index (χ4n) is 1.86. The third-order valence-corrected chi connectivity index (χ3v) is 2.90. The van der Waals surface area contributed by atoms with E-state index in [0.717, 1.165) is 17.1 Å². The van der Waals surface area contributed by atoms with E-state index < -0.39 is 0 Å². The fourth-order valence-corrected chi connectivity index (χ4v) is 1.86. The highest BCUT2D eigenvalue weighted by Crippen LogP contribution is 2.18. The Balaban J connectivity index is 1.86. The minimum atomic E-state index is -0.225. The maximum absolute atomic E-state index is 11.9. The average molecular weight is 289 g/mol. The Morgan fingerprint density at radius 1 is 1.19 bits per heavy atom. The summed E-state index contributed by atoms with van der Waals surface area (Å²) in [6.07, 6.45) is 0. The summed E-state index contributed by atoms with van der Waals surface area (Å²) in [6, 6.07) is 7.15. The van der Waals surface area contributed by atoms with Crippen LogP contribution in [0.15, 0.2) is 24.3 Å². The number of carbonyl (C=O) groups is 1. The van der Waals surface area contributed by atoms with E-state index in [2.05, 4.69) is 15.5 Å². The topological polar surface area (TPSA) is 76.2 Å². The molecule has 0 unspecified atom stereocenters. The number of aryl methyl sites for hydroxylation is 2. The molecule has 0 saturated heterocycles. The van der Waals surface area contributed by atoms with Gasteiger partial charge in [0.05, 0.1) is 23.7 Å². The molecule has 1 amide bonds. The van der Waals surface area contributed by atoms with E-state index in [-0.39, 0.29) is 12.5 Å². The van der Waals surface area contributed by atoms with Crippen molar-refractivity contribution in [2.24, 2.45) is 0 Å². The lowest BCUT2D eigenvalue weighted by Gasteiger charge is -2.08. The molecule has 0 spiro atoms. The number of ether oxygens (including phenoxy) is 2. The third-order valence-electron chi connectivity index (χ3n) is 2.90. The first-order valence-corrected chi connectivity index (χ1v) is 6.77. The number of nitrogens with zero attached hydrogens (tertiary/aromatic N) is 1. The molecule has 1 heterocycles. The Morgan fingerprint density at radius 2 is 1.81 bits per heavy atom. The number of amides is 1. The second-order valence-corrected chi connectivity index (χ2v) is 4.55. The largest absolute Gasteiger partial charge is 0.494 e. The molecule has 0 aliphatic carbocycles. The van der Waals surface area contributed by atoms with Crippen molar-refractivity contribution in [1.82, 2.24) is 10.2 Å². The zero-order valence-electron chi connectivity index (χ0n) is 12.4. The Bertz CT molecular complexity index is 586. The van der Waals surface area contributed by atoms with Crippen LogP contribution < -0.4 is 14.8 Å². The number of aromatic amines is 1. The molecule has 0 atom stereocenters. The molecule has 1 aromatic carbocycles. The Hall–Kier alpha value is -2.50. The molecule has 0 aliphatic heterocycles. The van der Waals surface area contributed by atoms with Crippen LogP contribution in [0.2, 0.25) is 0 Å². The summed E-state index contributed by atoms with van der Waals surface area (Å²) in [4.78, 5) is 11.9. The molecule has 0 saturated carbocycles. The number of benzene rings is 1. The molecule has 0 aliphatic rings. The van der Waals surface area contributed by atoms with Crippen molar-refractivity contribution in [2.75, 3.05) is 18.5 Å². The monoisotopic (exact) mass is 289 g/mol. The van der Waals surface area contributed by atoms with E-state index in [0.29, 0.717) is 18.0 Å². The summed E-state index contributed by atoms with van der Waals surface area (Å²) in [5.74, 6) is 1.17. The van der Waals surface area contributed by atoms with E-state index in [1.165, 1.54) is 0 Å². The molecule has 6 nitrogen and oxygen atoms in total. The summed E-state index contributed by atoms with van der Waals surface area (Å²) in [7, 11) is 0. The Labute approximate surface area is 123 Å². The van der Waals surface area contributed by atoms with Gasteiger partial charge >= 0.3 is 0 Å². The quantitative estimate of drug-likeness (QED) is 0.856. The Morgan fingerprint density at radius 3 is 2.33 bits per heavy atom. The minimum Gasteiger partial charge on any atom is -0.494 e. The van der Waals surface area contributed by atoms with Crippen molar-refractivity contribution < 1.29 is 14.3 Å². The number of H-pyrrole nitrogens is 1. The van der Waals surface area contributed by atoms with Crippen LogP contribution in [0.1, 0.15) is 18.3 Å². The van der Waals surface area contributed by atoms with Gasteiger partial charge in [0, 0.05) is 0 Å². The molecule has 0 fully saturated rings. The second-order valence-electron chi connectivity index (χ2n) is 4.55. The number of anilines is 1. The third kappa shape index (κ3) is 3.98. The van der Waals surface area contributed by atoms with Gasteiger partial charge in [-0.15, -0.1) is 0 Å². The zero-order chi connectivity index (χ0) is 15.2. The number of hydrogen-bond donors (Lipinski definition) is 2. The summed E-state index contributed by atoms with van der Waals surface area (Å²) < 4.78 is 10.8. The smallest absolute Gasteiger partial charge is 0.262 e. The van der Waals surface area contributed by atoms with Gasteiger partial charge in [0.2, 0.25) is 0 Å². The predicted octanol–water partition coefficient (Wildman–Crippen LogP) is 2.44. The predicted molar refractivity (Wildman–Crippen MR) is 79.8 cm³/mol. The molecule has 2 N–H and O–H groups in total. The van der Waals surface area contributed by atoms with Crippen LogP contribution in [-0.4, -0.2) is 29.3 Å². The lowest BCUT2D eigenvalue weighted by molar-refractivity contribution is -0.118. The van der Waals surface area contributed by atoms with Crippen molar-refractivity contribution in [3.05, 3.63) is 35.7 Å². The number of aromatic nitrogens is 2. The summed E-state index contributed by atoms with van der Waals surface area (Å²) >= 11 is 0. The summed E-state index contributed by atoms with van der Waals surface area (Å²) in [5.41, 5.74) is 2.28. The normalized spacial score (nSPS) is 10.2. The maximum atomic E-state index is 11.9. The molecule has 2 rings (SSSR count). The van der Waals surface area contributed by atoms with E-state index >= 15 is 0 Å². The van der Waals surface area contributed by atoms with Gasteiger partial charge < -0.3 is 14.8 Å². The SMILES string of the molecule is CCOc1ccc(OCC(=O)Nc2c(C)n[nH]c2C)cc1. The molecular weight excluding hydrogens is 270 g/mol. The number of carbonyl (C=O) groups excluding carboxylic acids is 1. The van der Waals surface area contributed by atoms with Crippen LogP contribution >= 0.6 is 0 Å². The van der Waals surface area contributed by atoms with Gasteiger partial charge in [-0.1, -0.05) is 0 Å². The fraction of sp³-hybridized carbons (Fsp3) is 0.333. The average Bonchev–Trinajstić information content (AvgIpc) is 2.79. The molecule has 6 heteroatoms. The first-order chi connectivity index (χ1) is 10.1. The highest BCUT2D eigenvalue weighted by atomic mass is 16.5. The lowest BCUT2D eigenvalue weighted by Crippen LogP contribution is -2.20. The summed E-state index contributed by atoms with van der Waals surface area (Å²) in [5, 5.41) is 9.61. The molecule has 1 aromatic heterocycles. The van der Waals surface area contributed by atoms with Gasteiger partial charge in [0.15, 0.2) is 6.61 Å². The van der Waals surface area contributed by atoms with Gasteiger partial charge in [-0.25, -0.2) is 0 Å². The van der Waals surface area contributed by atoms with E-state index in [4.69, 9.17) is 9.47 Å². The number of hydrogen-bond acceptors (Lipinski definition) is 4. The van der Waals surface area contributed by atoms with Crippen molar-refractivity contribution in [1.29, 1.82) is 0 Å². The van der Waals surface area contributed by atoms with Gasteiger partial charge in [0.25, 0.3) is 5.91 Å². The maximum Gasteiger partial charge on any atom is 0.262 e.